The number of methoxy groups -OCH3 is 1. The minimum atomic E-state index is -0.236. The predicted molar refractivity (Wildman–Crippen MR) is 75.2 cm³/mol. The third-order valence-corrected chi connectivity index (χ3v) is 3.05. The molecule has 2 N–H and O–H groups in total. The van der Waals surface area contributed by atoms with Crippen molar-refractivity contribution in [2.75, 3.05) is 13.7 Å². The Bertz CT molecular complexity index is 670. The summed E-state index contributed by atoms with van der Waals surface area (Å²) in [5, 5.41) is 9.36. The van der Waals surface area contributed by atoms with Crippen molar-refractivity contribution in [1.82, 2.24) is 15.4 Å². The summed E-state index contributed by atoms with van der Waals surface area (Å²) < 4.78 is 6.99. The summed E-state index contributed by atoms with van der Waals surface area (Å²) in [5.74, 6) is 0.516. The van der Waals surface area contributed by atoms with Crippen molar-refractivity contribution in [3.63, 3.8) is 0 Å². The Morgan fingerprint density at radius 3 is 2.95 bits per heavy atom. The summed E-state index contributed by atoms with van der Waals surface area (Å²) >= 11 is 0. The molecule has 1 aromatic carbocycles. The van der Waals surface area contributed by atoms with Gasteiger partial charge in [0.25, 0.3) is 5.91 Å². The summed E-state index contributed by atoms with van der Waals surface area (Å²) in [5.41, 5.74) is 6.78. The number of nitrogens with one attached hydrogen (secondary N) is 2. The van der Waals surface area contributed by atoms with Crippen LogP contribution in [0.1, 0.15) is 16.9 Å². The molecule has 0 unspecified atom stereocenters. The number of amides is 1. The van der Waals surface area contributed by atoms with Crippen molar-refractivity contribution < 1.29 is 9.53 Å². The van der Waals surface area contributed by atoms with E-state index in [1.807, 2.05) is 35.9 Å². The van der Waals surface area contributed by atoms with Crippen LogP contribution in [0.3, 0.4) is 0 Å². The summed E-state index contributed by atoms with van der Waals surface area (Å²) in [6, 6.07) is 9.45. The van der Waals surface area contributed by atoms with E-state index >= 15 is 0 Å². The summed E-state index contributed by atoms with van der Waals surface area (Å²) in [7, 11) is 3.44. The quantitative estimate of drug-likeness (QED) is 0.636. The first-order chi connectivity index (χ1) is 9.67. The van der Waals surface area contributed by atoms with Gasteiger partial charge < -0.3 is 9.30 Å². The van der Waals surface area contributed by atoms with Crippen molar-refractivity contribution >= 4 is 16.8 Å². The molecule has 1 heterocycles. The van der Waals surface area contributed by atoms with E-state index in [9.17, 15) is 4.79 Å². The van der Waals surface area contributed by atoms with Crippen molar-refractivity contribution in [2.24, 2.45) is 7.05 Å². The number of hydrazine groups is 1. The van der Waals surface area contributed by atoms with Gasteiger partial charge in [-0.2, -0.15) is 5.26 Å². The van der Waals surface area contributed by atoms with Gasteiger partial charge in [-0.1, -0.05) is 0 Å². The summed E-state index contributed by atoms with van der Waals surface area (Å²) in [4.78, 5) is 12.0. The van der Waals surface area contributed by atoms with Gasteiger partial charge in [-0.15, -0.1) is 0 Å². The van der Waals surface area contributed by atoms with Gasteiger partial charge in [-0.3, -0.25) is 10.2 Å². The standard InChI is InChI=1S/C14H16N4O2/c1-18-12-5-4-11(20-2)8-10(12)9-13(18)14(19)17-16-7-3-6-15/h4-5,8-9,16H,3,7H2,1-2H3,(H,17,19). The van der Waals surface area contributed by atoms with Gasteiger partial charge in [0.1, 0.15) is 11.4 Å². The van der Waals surface area contributed by atoms with Gasteiger partial charge in [-0.25, -0.2) is 5.43 Å². The first-order valence-corrected chi connectivity index (χ1v) is 6.21. The second kappa shape index (κ2) is 6.08. The highest BCUT2D eigenvalue weighted by atomic mass is 16.5. The molecule has 2 rings (SSSR count). The molecule has 0 aliphatic heterocycles. The number of nitriles is 1. The number of fused-ring (bicyclic) bond motifs is 1. The smallest absolute Gasteiger partial charge is 0.282 e. The topological polar surface area (TPSA) is 79.1 Å². The minimum Gasteiger partial charge on any atom is -0.497 e. The van der Waals surface area contributed by atoms with Crippen LogP contribution in [0, 0.1) is 11.3 Å². The molecule has 104 valence electrons. The van der Waals surface area contributed by atoms with Gasteiger partial charge in [0.2, 0.25) is 0 Å². The van der Waals surface area contributed by atoms with Gasteiger partial charge in [0, 0.05) is 30.9 Å². The molecule has 0 radical (unpaired) electrons. The van der Waals surface area contributed by atoms with Crippen LogP contribution in [-0.2, 0) is 7.05 Å². The Labute approximate surface area is 116 Å². The average molecular weight is 272 g/mol. The highest BCUT2D eigenvalue weighted by Crippen LogP contribution is 2.23. The largest absolute Gasteiger partial charge is 0.497 e. The Morgan fingerprint density at radius 1 is 1.45 bits per heavy atom. The summed E-state index contributed by atoms with van der Waals surface area (Å²) in [6.45, 7) is 0.417. The number of hydrogen-bond acceptors (Lipinski definition) is 4. The molecule has 1 amide bonds. The monoisotopic (exact) mass is 272 g/mol. The van der Waals surface area contributed by atoms with Crippen LogP contribution in [0.5, 0.6) is 5.75 Å². The Balaban J connectivity index is 2.19. The SMILES string of the molecule is COc1ccc2c(c1)cc(C(=O)NNCCC#N)n2C. The number of carbonyl (C=O) groups excluding carboxylic acids is 1. The lowest BCUT2D eigenvalue weighted by Gasteiger charge is -2.06. The lowest BCUT2D eigenvalue weighted by molar-refractivity contribution is 0.0926. The van der Waals surface area contributed by atoms with Crippen molar-refractivity contribution in [2.45, 2.75) is 6.42 Å². The molecule has 20 heavy (non-hydrogen) atoms. The van der Waals surface area contributed by atoms with E-state index in [0.717, 1.165) is 16.7 Å². The number of benzene rings is 1. The first kappa shape index (κ1) is 13.9. The Kier molecular flexibility index (Phi) is 4.23. The second-order valence-electron chi connectivity index (χ2n) is 4.30. The fraction of sp³-hybridized carbons (Fsp3) is 0.286. The van der Waals surface area contributed by atoms with Crippen molar-refractivity contribution in [1.29, 1.82) is 5.26 Å². The molecule has 0 fully saturated rings. The van der Waals surface area contributed by atoms with Gasteiger partial charge >= 0.3 is 0 Å². The lowest BCUT2D eigenvalue weighted by atomic mass is 10.2. The van der Waals surface area contributed by atoms with E-state index in [-0.39, 0.29) is 5.91 Å². The fourth-order valence-electron chi connectivity index (χ4n) is 2.00. The molecule has 0 saturated heterocycles. The molecule has 0 aliphatic rings. The van der Waals surface area contributed by atoms with E-state index in [4.69, 9.17) is 10.00 Å². The maximum atomic E-state index is 12.0. The van der Waals surface area contributed by atoms with Gasteiger partial charge in [0.05, 0.1) is 13.2 Å². The zero-order valence-electron chi connectivity index (χ0n) is 11.4. The number of aryl methyl sites for hydroxylation is 1. The van der Waals surface area contributed by atoms with E-state index in [2.05, 4.69) is 10.9 Å². The molecular formula is C14H16N4O2. The van der Waals surface area contributed by atoms with Gasteiger partial charge in [0.15, 0.2) is 0 Å². The van der Waals surface area contributed by atoms with E-state index < -0.39 is 0 Å². The van der Waals surface area contributed by atoms with Crippen LogP contribution in [0.2, 0.25) is 0 Å². The molecule has 0 atom stereocenters. The Morgan fingerprint density at radius 2 is 2.25 bits per heavy atom. The molecule has 1 aromatic heterocycles. The van der Waals surface area contributed by atoms with Crippen LogP contribution in [0.4, 0.5) is 0 Å². The average Bonchev–Trinajstić information content (AvgIpc) is 2.80. The normalized spacial score (nSPS) is 10.2. The fourth-order valence-corrected chi connectivity index (χ4v) is 2.00. The molecule has 0 bridgehead atoms. The molecule has 2 aromatic rings. The molecule has 0 saturated carbocycles. The van der Waals surface area contributed by atoms with E-state index in [1.54, 1.807) is 13.2 Å². The molecule has 0 aliphatic carbocycles. The number of ether oxygens (including phenoxy) is 1. The maximum absolute atomic E-state index is 12.0. The Hall–Kier alpha value is -2.52. The number of rotatable bonds is 5. The second-order valence-corrected chi connectivity index (χ2v) is 4.30. The van der Waals surface area contributed by atoms with Gasteiger partial charge in [-0.05, 0) is 24.3 Å². The first-order valence-electron chi connectivity index (χ1n) is 6.21. The number of nitrogens with zero attached hydrogens (tertiary/aromatic N) is 2. The summed E-state index contributed by atoms with van der Waals surface area (Å²) in [6.07, 6.45) is 0.340. The maximum Gasteiger partial charge on any atom is 0.282 e. The third kappa shape index (κ3) is 2.73. The van der Waals surface area contributed by atoms with Crippen LogP contribution in [-0.4, -0.2) is 24.1 Å². The molecule has 6 nitrogen and oxygen atoms in total. The molecule has 0 spiro atoms. The van der Waals surface area contributed by atoms with E-state index in [1.165, 1.54) is 0 Å². The number of aromatic nitrogens is 1. The van der Waals surface area contributed by atoms with Crippen LogP contribution < -0.4 is 15.6 Å². The molecular weight excluding hydrogens is 256 g/mol. The molecule has 6 heteroatoms. The van der Waals surface area contributed by atoms with Crippen LogP contribution in [0.15, 0.2) is 24.3 Å². The zero-order chi connectivity index (χ0) is 14.5. The van der Waals surface area contributed by atoms with Crippen molar-refractivity contribution in [3.8, 4) is 11.8 Å². The number of hydrogen-bond donors (Lipinski definition) is 2. The highest BCUT2D eigenvalue weighted by molar-refractivity contribution is 5.98. The van der Waals surface area contributed by atoms with Crippen molar-refractivity contribution in [3.05, 3.63) is 30.0 Å². The minimum absolute atomic E-state index is 0.236. The zero-order valence-corrected chi connectivity index (χ0v) is 11.4. The van der Waals surface area contributed by atoms with E-state index in [0.29, 0.717) is 18.7 Å². The third-order valence-electron chi connectivity index (χ3n) is 3.05. The highest BCUT2D eigenvalue weighted by Gasteiger charge is 2.13. The lowest BCUT2D eigenvalue weighted by Crippen LogP contribution is -2.38. The van der Waals surface area contributed by atoms with Crippen LogP contribution >= 0.6 is 0 Å². The predicted octanol–water partition coefficient (Wildman–Crippen LogP) is 1.33. The van der Waals surface area contributed by atoms with Crippen LogP contribution in [0.25, 0.3) is 10.9 Å². The number of carbonyl (C=O) groups is 1.